The van der Waals surface area contributed by atoms with Gasteiger partial charge in [-0.1, -0.05) is 13.3 Å². The van der Waals surface area contributed by atoms with Crippen LogP contribution in [0, 0.1) is 0 Å². The Bertz CT molecular complexity index is 918. The summed E-state index contributed by atoms with van der Waals surface area (Å²) in [4.78, 5) is 58.9. The van der Waals surface area contributed by atoms with Crippen LogP contribution in [0.2, 0.25) is 0 Å². The highest BCUT2D eigenvalue weighted by atomic mass is 32.2. The normalized spacial score (nSPS) is 19.7. The van der Waals surface area contributed by atoms with E-state index < -0.39 is 54.5 Å². The van der Waals surface area contributed by atoms with Gasteiger partial charge in [0.05, 0.1) is 16.9 Å². The van der Waals surface area contributed by atoms with Gasteiger partial charge >= 0.3 is 17.9 Å². The summed E-state index contributed by atoms with van der Waals surface area (Å²) in [6.45, 7) is 1.31. The number of esters is 1. The molecule has 0 bridgehead atoms. The number of nitrogens with two attached hydrogens (primary N) is 1. The van der Waals surface area contributed by atoms with Crippen LogP contribution in [0.1, 0.15) is 45.4 Å². The van der Waals surface area contributed by atoms with E-state index in [2.05, 4.69) is 10.6 Å². The molecule has 12 nitrogen and oxygen atoms in total. The first kappa shape index (κ1) is 28.3. The molecule has 0 spiro atoms. The summed E-state index contributed by atoms with van der Waals surface area (Å²) in [5.41, 5.74) is 6.49. The fraction of sp³-hybridized carbons (Fsp3) is 0.591. The number of rotatable bonds is 14. The van der Waals surface area contributed by atoms with E-state index in [4.69, 9.17) is 20.7 Å². The summed E-state index contributed by atoms with van der Waals surface area (Å²) in [5, 5.41) is 32.0. The Hall–Kier alpha value is -2.90. The zero-order valence-electron chi connectivity index (χ0n) is 19.3. The Balaban J connectivity index is 2.13. The molecule has 13 heteroatoms. The molecule has 0 saturated carbocycles. The first-order valence-electron chi connectivity index (χ1n) is 11.3. The van der Waals surface area contributed by atoms with Crippen LogP contribution >= 0.6 is 11.8 Å². The first-order chi connectivity index (χ1) is 16.5. The Labute approximate surface area is 206 Å². The second kappa shape index (κ2) is 13.3. The topological polar surface area (TPSA) is 205 Å². The number of hydrogen-bond donors (Lipinski definition) is 6. The van der Waals surface area contributed by atoms with Crippen LogP contribution in [-0.2, 0) is 28.7 Å². The number of hydrogen-bond acceptors (Lipinski definition) is 9. The third-order valence-corrected chi connectivity index (χ3v) is 6.84. The van der Waals surface area contributed by atoms with Gasteiger partial charge in [0.15, 0.2) is 0 Å². The second-order valence-corrected chi connectivity index (χ2v) is 9.48. The van der Waals surface area contributed by atoms with Crippen molar-refractivity contribution in [2.75, 3.05) is 12.3 Å². The number of aliphatic hydroxyl groups excluding tert-OH is 1. The predicted molar refractivity (Wildman–Crippen MR) is 125 cm³/mol. The van der Waals surface area contributed by atoms with Gasteiger partial charge in [-0.25, -0.2) is 4.79 Å². The minimum absolute atomic E-state index is 0.0445. The molecule has 1 aliphatic carbocycles. The van der Waals surface area contributed by atoms with Crippen molar-refractivity contribution in [3.05, 3.63) is 23.0 Å². The van der Waals surface area contributed by atoms with Crippen LogP contribution in [0.3, 0.4) is 0 Å². The van der Waals surface area contributed by atoms with Crippen molar-refractivity contribution in [1.82, 2.24) is 10.6 Å². The number of fused-ring (bicyclic) bond motifs is 1. The van der Waals surface area contributed by atoms with Gasteiger partial charge in [-0.05, 0) is 31.8 Å². The number of amides is 2. The standard InChI is InChI=1S/C22H31N3O9S/c1-2-3-16(19-12-5-4-11(26)8-13(12)22(33)34-19)35-10-15(20(30)24-9-18(28)29)25-17(27)7-6-14(23)21(31)32/h8,11,14-16,26H,2-7,9-10,23H2,1H3,(H,24,30)(H,25,27)(H,28,29)(H,31,32)/t11-,14+,15+,16-/m1/s1. The third kappa shape index (κ3) is 8.37. The van der Waals surface area contributed by atoms with Crippen molar-refractivity contribution in [2.24, 2.45) is 5.73 Å². The Morgan fingerprint density at radius 2 is 1.97 bits per heavy atom. The van der Waals surface area contributed by atoms with E-state index in [0.717, 1.165) is 12.0 Å². The molecule has 0 radical (unpaired) electrons. The van der Waals surface area contributed by atoms with Gasteiger partial charge in [-0.3, -0.25) is 19.2 Å². The Morgan fingerprint density at radius 1 is 1.26 bits per heavy atom. The van der Waals surface area contributed by atoms with E-state index in [1.807, 2.05) is 6.92 Å². The smallest absolute Gasteiger partial charge is 0.343 e. The lowest BCUT2D eigenvalue weighted by Crippen LogP contribution is -2.49. The van der Waals surface area contributed by atoms with Crippen LogP contribution in [-0.4, -0.2) is 80.8 Å². The fourth-order valence-electron chi connectivity index (χ4n) is 3.64. The van der Waals surface area contributed by atoms with Gasteiger partial charge in [0, 0.05) is 17.7 Å². The molecule has 0 aromatic carbocycles. The molecule has 0 aromatic rings. The SMILES string of the molecule is CCC[C@@H](SC[C@H](NC(=O)CC[C@H](N)C(=O)O)C(=O)NCC(=O)O)C1=C2CC[C@@H](O)C=C2C(=O)O1. The summed E-state index contributed by atoms with van der Waals surface area (Å²) in [6, 6.07) is -2.34. The molecule has 0 unspecified atom stereocenters. The molecule has 2 amide bonds. The van der Waals surface area contributed by atoms with Gasteiger partial charge in [-0.15, -0.1) is 11.8 Å². The molecule has 0 fully saturated rings. The van der Waals surface area contributed by atoms with Gasteiger partial charge in [0.1, 0.15) is 24.4 Å². The zero-order valence-corrected chi connectivity index (χ0v) is 20.1. The summed E-state index contributed by atoms with van der Waals surface area (Å²) >= 11 is 1.28. The van der Waals surface area contributed by atoms with Crippen LogP contribution in [0.25, 0.3) is 0 Å². The van der Waals surface area contributed by atoms with Crippen LogP contribution in [0.5, 0.6) is 0 Å². The highest BCUT2D eigenvalue weighted by molar-refractivity contribution is 8.00. The zero-order chi connectivity index (χ0) is 26.1. The predicted octanol–water partition coefficient (Wildman–Crippen LogP) is -0.342. The monoisotopic (exact) mass is 513 g/mol. The van der Waals surface area contributed by atoms with Gasteiger partial charge in [-0.2, -0.15) is 0 Å². The minimum Gasteiger partial charge on any atom is -0.480 e. The van der Waals surface area contributed by atoms with E-state index in [9.17, 15) is 29.1 Å². The first-order valence-corrected chi connectivity index (χ1v) is 12.3. The Kier molecular flexibility index (Phi) is 10.7. The maximum absolute atomic E-state index is 12.6. The van der Waals surface area contributed by atoms with Crippen molar-refractivity contribution in [1.29, 1.82) is 0 Å². The van der Waals surface area contributed by atoms with Crippen molar-refractivity contribution >= 4 is 41.5 Å². The minimum atomic E-state index is -1.25. The third-order valence-electron chi connectivity index (χ3n) is 5.47. The number of carboxylic acids is 2. The van der Waals surface area contributed by atoms with Crippen LogP contribution < -0.4 is 16.4 Å². The quantitative estimate of drug-likeness (QED) is 0.166. The van der Waals surface area contributed by atoms with E-state index in [-0.39, 0.29) is 23.8 Å². The van der Waals surface area contributed by atoms with E-state index in [1.165, 1.54) is 17.8 Å². The highest BCUT2D eigenvalue weighted by Crippen LogP contribution is 2.40. The van der Waals surface area contributed by atoms with Crippen LogP contribution in [0.4, 0.5) is 0 Å². The number of carboxylic acid groups (broad SMARTS) is 2. The number of cyclic esters (lactones) is 1. The lowest BCUT2D eigenvalue weighted by atomic mass is 9.91. The molecule has 4 atom stereocenters. The Morgan fingerprint density at radius 3 is 2.60 bits per heavy atom. The number of aliphatic carboxylic acids is 2. The van der Waals surface area contributed by atoms with E-state index in [1.54, 1.807) is 0 Å². The molecular formula is C22H31N3O9S. The van der Waals surface area contributed by atoms with Gasteiger partial charge in [0.25, 0.3) is 0 Å². The van der Waals surface area contributed by atoms with E-state index >= 15 is 0 Å². The molecule has 0 saturated heterocycles. The highest BCUT2D eigenvalue weighted by Gasteiger charge is 2.37. The van der Waals surface area contributed by atoms with E-state index in [0.29, 0.717) is 30.6 Å². The molecule has 1 heterocycles. The van der Waals surface area contributed by atoms with Crippen molar-refractivity contribution in [3.8, 4) is 0 Å². The van der Waals surface area contributed by atoms with Crippen molar-refractivity contribution in [2.45, 2.75) is 68.9 Å². The summed E-state index contributed by atoms with van der Waals surface area (Å²) < 4.78 is 5.52. The number of nitrogens with one attached hydrogen (secondary N) is 2. The molecule has 2 rings (SSSR count). The maximum atomic E-state index is 12.6. The van der Waals surface area contributed by atoms with Gasteiger partial charge < -0.3 is 36.4 Å². The summed E-state index contributed by atoms with van der Waals surface area (Å²) in [5.74, 6) is -3.84. The number of thioether (sulfide) groups is 1. The van der Waals surface area contributed by atoms with Crippen LogP contribution in [0.15, 0.2) is 23.0 Å². The molecule has 35 heavy (non-hydrogen) atoms. The lowest BCUT2D eigenvalue weighted by Gasteiger charge is -2.23. The van der Waals surface area contributed by atoms with Crippen molar-refractivity contribution in [3.63, 3.8) is 0 Å². The lowest BCUT2D eigenvalue weighted by molar-refractivity contribution is -0.139. The number of carbonyl (C=O) groups excluding carboxylic acids is 3. The molecule has 194 valence electrons. The summed E-state index contributed by atoms with van der Waals surface area (Å²) in [6.07, 6.45) is 2.66. The number of ether oxygens (including phenoxy) is 1. The van der Waals surface area contributed by atoms with Crippen molar-refractivity contribution < 1.29 is 44.0 Å². The number of aliphatic hydroxyl groups is 1. The molecular weight excluding hydrogens is 482 g/mol. The largest absolute Gasteiger partial charge is 0.480 e. The fourth-order valence-corrected chi connectivity index (χ4v) is 5.04. The molecule has 0 aromatic heterocycles. The second-order valence-electron chi connectivity index (χ2n) is 8.24. The molecule has 2 aliphatic rings. The maximum Gasteiger partial charge on any atom is 0.343 e. The molecule has 7 N–H and O–H groups in total. The number of carbonyl (C=O) groups is 5. The van der Waals surface area contributed by atoms with Gasteiger partial charge in [0.2, 0.25) is 11.8 Å². The average Bonchev–Trinajstić information content (AvgIpc) is 3.12. The summed E-state index contributed by atoms with van der Waals surface area (Å²) in [7, 11) is 0. The average molecular weight is 514 g/mol. The molecule has 1 aliphatic heterocycles.